The van der Waals surface area contributed by atoms with Crippen LogP contribution in [0.4, 0.5) is 4.39 Å². The Morgan fingerprint density at radius 1 is 1.23 bits per heavy atom. The molecule has 0 bridgehead atoms. The van der Waals surface area contributed by atoms with Gasteiger partial charge < -0.3 is 9.64 Å². The number of carbonyl (C=O) groups is 1. The van der Waals surface area contributed by atoms with Crippen molar-refractivity contribution in [1.82, 2.24) is 4.90 Å². The number of carbonyl (C=O) groups excluding carboxylic acids is 1. The molecule has 1 atom stereocenters. The molecule has 1 aliphatic heterocycles. The fraction of sp³-hybridized carbons (Fsp3) is 0.500. The lowest BCUT2D eigenvalue weighted by molar-refractivity contribution is -0.127. The Bertz CT molecular complexity index is 531. The summed E-state index contributed by atoms with van der Waals surface area (Å²) < 4.78 is 18.5. The van der Waals surface area contributed by atoms with Crippen molar-refractivity contribution in [2.75, 3.05) is 19.7 Å². The summed E-state index contributed by atoms with van der Waals surface area (Å²) in [6.45, 7) is 2.32. The van der Waals surface area contributed by atoms with E-state index < -0.39 is 0 Å². The Morgan fingerprint density at radius 3 is 2.64 bits per heavy atom. The molecule has 1 saturated heterocycles. The zero-order valence-electron chi connectivity index (χ0n) is 12.7. The van der Waals surface area contributed by atoms with E-state index in [0.717, 1.165) is 31.6 Å². The summed E-state index contributed by atoms with van der Waals surface area (Å²) in [5, 5.41) is 0. The minimum Gasteiger partial charge on any atom is -0.376 e. The molecule has 2 fully saturated rings. The lowest BCUT2D eigenvalue weighted by Gasteiger charge is -2.24. The molecule has 118 valence electrons. The molecule has 0 N–H and O–H groups in total. The van der Waals surface area contributed by atoms with E-state index in [0.29, 0.717) is 12.5 Å². The second-order valence-electron chi connectivity index (χ2n) is 6.21. The third-order valence-electron chi connectivity index (χ3n) is 4.22. The van der Waals surface area contributed by atoms with Crippen LogP contribution in [0, 0.1) is 11.7 Å². The number of hydrogen-bond acceptors (Lipinski definition) is 2. The smallest absolute Gasteiger partial charge is 0.246 e. The van der Waals surface area contributed by atoms with Gasteiger partial charge in [0.05, 0.1) is 6.10 Å². The third-order valence-corrected chi connectivity index (χ3v) is 4.22. The van der Waals surface area contributed by atoms with Crippen molar-refractivity contribution in [2.24, 2.45) is 5.92 Å². The maximum atomic E-state index is 12.9. The molecular formula is C18H22FNO2. The first-order valence-corrected chi connectivity index (χ1v) is 8.05. The molecule has 1 aromatic carbocycles. The number of amides is 1. The van der Waals surface area contributed by atoms with Gasteiger partial charge in [-0.15, -0.1) is 0 Å². The molecule has 3 nitrogen and oxygen atoms in total. The summed E-state index contributed by atoms with van der Waals surface area (Å²) in [5.74, 6) is 0.411. The van der Waals surface area contributed by atoms with E-state index >= 15 is 0 Å². The molecule has 1 saturated carbocycles. The Hall–Kier alpha value is -1.68. The second-order valence-corrected chi connectivity index (χ2v) is 6.21. The summed E-state index contributed by atoms with van der Waals surface area (Å²) in [6.07, 6.45) is 8.08. The fourth-order valence-corrected chi connectivity index (χ4v) is 2.75. The molecule has 1 aromatic rings. The van der Waals surface area contributed by atoms with Gasteiger partial charge in [0.1, 0.15) is 5.82 Å². The lowest BCUT2D eigenvalue weighted by Crippen LogP contribution is -2.37. The zero-order valence-corrected chi connectivity index (χ0v) is 12.7. The van der Waals surface area contributed by atoms with E-state index in [1.165, 1.54) is 25.0 Å². The van der Waals surface area contributed by atoms with Gasteiger partial charge in [-0.25, -0.2) is 4.39 Å². The van der Waals surface area contributed by atoms with Crippen molar-refractivity contribution < 1.29 is 13.9 Å². The Morgan fingerprint density at radius 2 is 2.00 bits per heavy atom. The van der Waals surface area contributed by atoms with Crippen molar-refractivity contribution >= 4 is 12.0 Å². The minimum atomic E-state index is -0.266. The number of nitrogens with zero attached hydrogens (tertiary/aromatic N) is 1. The quantitative estimate of drug-likeness (QED) is 0.755. The first-order chi connectivity index (χ1) is 10.7. The highest BCUT2D eigenvalue weighted by atomic mass is 19.1. The van der Waals surface area contributed by atoms with Crippen LogP contribution in [0.2, 0.25) is 0 Å². The highest BCUT2D eigenvalue weighted by molar-refractivity contribution is 5.91. The Kier molecular flexibility index (Phi) is 4.88. The SMILES string of the molecule is O=C(C=Cc1ccc(F)cc1)N(CC1CC1)CC1CCCO1. The zero-order chi connectivity index (χ0) is 15.4. The van der Waals surface area contributed by atoms with E-state index in [4.69, 9.17) is 4.74 Å². The number of hydrogen-bond donors (Lipinski definition) is 0. The van der Waals surface area contributed by atoms with Crippen molar-refractivity contribution in [3.63, 3.8) is 0 Å². The topological polar surface area (TPSA) is 29.5 Å². The number of halogens is 1. The van der Waals surface area contributed by atoms with Crippen molar-refractivity contribution in [3.8, 4) is 0 Å². The molecule has 3 rings (SSSR count). The predicted octanol–water partition coefficient (Wildman–Crippen LogP) is 3.26. The molecule has 22 heavy (non-hydrogen) atoms. The molecule has 1 heterocycles. The number of rotatable bonds is 6. The minimum absolute atomic E-state index is 0.0201. The first kappa shape index (κ1) is 15.2. The van der Waals surface area contributed by atoms with Crippen LogP contribution in [0.1, 0.15) is 31.2 Å². The molecule has 4 heteroatoms. The van der Waals surface area contributed by atoms with Crippen LogP contribution in [-0.4, -0.2) is 36.6 Å². The van der Waals surface area contributed by atoms with Gasteiger partial charge in [0.2, 0.25) is 5.91 Å². The van der Waals surface area contributed by atoms with Gasteiger partial charge in [0, 0.05) is 25.8 Å². The summed E-state index contributed by atoms with van der Waals surface area (Å²) in [7, 11) is 0. The van der Waals surface area contributed by atoms with E-state index in [9.17, 15) is 9.18 Å². The van der Waals surface area contributed by atoms with E-state index in [1.54, 1.807) is 24.3 Å². The summed E-state index contributed by atoms with van der Waals surface area (Å²) in [4.78, 5) is 14.4. The molecule has 0 radical (unpaired) electrons. The van der Waals surface area contributed by atoms with Crippen LogP contribution in [0.25, 0.3) is 6.08 Å². The van der Waals surface area contributed by atoms with Crippen LogP contribution in [-0.2, 0) is 9.53 Å². The maximum absolute atomic E-state index is 12.9. The van der Waals surface area contributed by atoms with Gasteiger partial charge >= 0.3 is 0 Å². The van der Waals surface area contributed by atoms with Gasteiger partial charge in [0.25, 0.3) is 0 Å². The van der Waals surface area contributed by atoms with Gasteiger partial charge in [-0.05, 0) is 55.4 Å². The predicted molar refractivity (Wildman–Crippen MR) is 83.7 cm³/mol. The van der Waals surface area contributed by atoms with Crippen molar-refractivity contribution in [2.45, 2.75) is 31.8 Å². The first-order valence-electron chi connectivity index (χ1n) is 8.05. The monoisotopic (exact) mass is 303 g/mol. The molecular weight excluding hydrogens is 281 g/mol. The van der Waals surface area contributed by atoms with Crippen LogP contribution in [0.3, 0.4) is 0 Å². The Balaban J connectivity index is 1.60. The van der Waals surface area contributed by atoms with Gasteiger partial charge in [0.15, 0.2) is 0 Å². The van der Waals surface area contributed by atoms with Gasteiger partial charge in [-0.3, -0.25) is 4.79 Å². The molecule has 0 aromatic heterocycles. The molecule has 1 aliphatic carbocycles. The van der Waals surface area contributed by atoms with Crippen LogP contribution < -0.4 is 0 Å². The normalized spacial score (nSPS) is 21.4. The second kappa shape index (κ2) is 7.05. The van der Waals surface area contributed by atoms with E-state index in [1.807, 2.05) is 4.90 Å². The maximum Gasteiger partial charge on any atom is 0.246 e. The van der Waals surface area contributed by atoms with Crippen LogP contribution >= 0.6 is 0 Å². The average Bonchev–Trinajstić information content (AvgIpc) is 3.19. The number of ether oxygens (including phenoxy) is 1. The van der Waals surface area contributed by atoms with Gasteiger partial charge in [-0.1, -0.05) is 12.1 Å². The molecule has 1 unspecified atom stereocenters. The van der Waals surface area contributed by atoms with E-state index in [-0.39, 0.29) is 17.8 Å². The van der Waals surface area contributed by atoms with Crippen molar-refractivity contribution in [3.05, 3.63) is 41.7 Å². The third kappa shape index (κ3) is 4.41. The van der Waals surface area contributed by atoms with Crippen LogP contribution in [0.5, 0.6) is 0 Å². The van der Waals surface area contributed by atoms with Gasteiger partial charge in [-0.2, -0.15) is 0 Å². The largest absolute Gasteiger partial charge is 0.376 e. The van der Waals surface area contributed by atoms with Crippen molar-refractivity contribution in [1.29, 1.82) is 0 Å². The molecule has 2 aliphatic rings. The standard InChI is InChI=1S/C18H22FNO2/c19-16-8-5-14(6-9-16)7-10-18(21)20(12-15-3-4-15)13-17-2-1-11-22-17/h5-10,15,17H,1-4,11-13H2. The molecule has 0 spiro atoms. The van der Waals surface area contributed by atoms with Crippen LogP contribution in [0.15, 0.2) is 30.3 Å². The lowest BCUT2D eigenvalue weighted by atomic mass is 10.2. The highest BCUT2D eigenvalue weighted by Crippen LogP contribution is 2.30. The highest BCUT2D eigenvalue weighted by Gasteiger charge is 2.28. The average molecular weight is 303 g/mol. The summed E-state index contributed by atoms with van der Waals surface area (Å²) >= 11 is 0. The molecule has 1 amide bonds. The van der Waals surface area contributed by atoms with E-state index in [2.05, 4.69) is 0 Å². The summed E-state index contributed by atoms with van der Waals surface area (Å²) in [5.41, 5.74) is 0.832. The fourth-order valence-electron chi connectivity index (χ4n) is 2.75. The summed E-state index contributed by atoms with van der Waals surface area (Å²) in [6, 6.07) is 6.14. The number of benzene rings is 1. The Labute approximate surface area is 130 Å².